The molecule has 7 nitrogen and oxygen atoms in total. The normalized spacial score (nSPS) is 17.6. The van der Waals surface area contributed by atoms with Gasteiger partial charge in [-0.25, -0.2) is 4.79 Å². The lowest BCUT2D eigenvalue weighted by Gasteiger charge is -2.33. The maximum atomic E-state index is 12.3. The van der Waals surface area contributed by atoms with Gasteiger partial charge in [0.05, 0.1) is 7.11 Å². The van der Waals surface area contributed by atoms with Gasteiger partial charge in [0.2, 0.25) is 11.7 Å². The maximum Gasteiger partial charge on any atom is 0.318 e. The quantitative estimate of drug-likeness (QED) is 0.932. The number of carbonyl (C=O) groups is 1. The molecule has 2 aromatic rings. The highest BCUT2D eigenvalue weighted by Crippen LogP contribution is 2.31. The second kappa shape index (κ2) is 7.33. The number of aromatic nitrogens is 2. The molecule has 1 aliphatic rings. The van der Waals surface area contributed by atoms with Gasteiger partial charge >= 0.3 is 6.03 Å². The van der Waals surface area contributed by atoms with Gasteiger partial charge in [-0.2, -0.15) is 4.98 Å². The predicted molar refractivity (Wildman–Crippen MR) is 88.7 cm³/mol. The summed E-state index contributed by atoms with van der Waals surface area (Å²) in [6, 6.07) is 7.26. The van der Waals surface area contributed by atoms with E-state index >= 15 is 0 Å². The van der Waals surface area contributed by atoms with Crippen LogP contribution < -0.4 is 10.1 Å². The monoisotopic (exact) mass is 330 g/mol. The van der Waals surface area contributed by atoms with E-state index in [0.29, 0.717) is 24.8 Å². The number of hydrogen-bond acceptors (Lipinski definition) is 5. The van der Waals surface area contributed by atoms with E-state index in [4.69, 9.17) is 9.26 Å². The van der Waals surface area contributed by atoms with Crippen LogP contribution in [0.3, 0.4) is 0 Å². The van der Waals surface area contributed by atoms with E-state index in [1.165, 1.54) is 0 Å². The molecule has 1 N–H and O–H groups in total. The lowest BCUT2D eigenvalue weighted by Crippen LogP contribution is -2.44. The molecule has 2 amide bonds. The second-order valence-corrected chi connectivity index (χ2v) is 5.73. The topological polar surface area (TPSA) is 80.5 Å². The zero-order valence-electron chi connectivity index (χ0n) is 14.0. The summed E-state index contributed by atoms with van der Waals surface area (Å²) in [5.41, 5.74) is 0.824. The zero-order chi connectivity index (χ0) is 16.9. The van der Waals surface area contributed by atoms with Gasteiger partial charge in [-0.1, -0.05) is 17.3 Å². The van der Waals surface area contributed by atoms with Crippen LogP contribution in [0.15, 0.2) is 28.8 Å². The number of methoxy groups -OCH3 is 1. The minimum absolute atomic E-state index is 0.0802. The Morgan fingerprint density at radius 3 is 3.12 bits per heavy atom. The number of rotatable bonds is 4. The Balaban J connectivity index is 1.83. The Hall–Kier alpha value is -2.57. The molecule has 1 aromatic heterocycles. The molecular weight excluding hydrogens is 308 g/mol. The first-order valence-electron chi connectivity index (χ1n) is 8.25. The molecule has 3 rings (SSSR count). The van der Waals surface area contributed by atoms with Crippen molar-refractivity contribution in [1.29, 1.82) is 0 Å². The Bertz CT molecular complexity index is 701. The van der Waals surface area contributed by atoms with E-state index in [2.05, 4.69) is 15.5 Å². The molecule has 0 radical (unpaired) electrons. The van der Waals surface area contributed by atoms with Gasteiger partial charge in [-0.15, -0.1) is 0 Å². The van der Waals surface area contributed by atoms with Gasteiger partial charge in [-0.3, -0.25) is 0 Å². The summed E-state index contributed by atoms with van der Waals surface area (Å²) in [5.74, 6) is 1.73. The molecule has 0 unspecified atom stereocenters. The molecule has 1 aliphatic heterocycles. The zero-order valence-corrected chi connectivity index (χ0v) is 14.0. The van der Waals surface area contributed by atoms with Crippen LogP contribution in [-0.4, -0.2) is 41.3 Å². The molecule has 1 atom stereocenters. The van der Waals surface area contributed by atoms with Crippen LogP contribution in [0.25, 0.3) is 11.4 Å². The van der Waals surface area contributed by atoms with Crippen molar-refractivity contribution in [3.63, 3.8) is 0 Å². The smallest absolute Gasteiger partial charge is 0.318 e. The number of likely N-dealkylation sites (tertiary alicyclic amines) is 1. The summed E-state index contributed by atoms with van der Waals surface area (Å²) < 4.78 is 10.7. The molecular formula is C17H22N4O3. The van der Waals surface area contributed by atoms with Crippen molar-refractivity contribution < 1.29 is 14.1 Å². The first-order valence-corrected chi connectivity index (χ1v) is 8.25. The minimum atomic E-state index is -0.169. The molecule has 1 saturated heterocycles. The molecule has 1 fully saturated rings. The summed E-state index contributed by atoms with van der Waals surface area (Å²) in [6.07, 6.45) is 2.86. The van der Waals surface area contributed by atoms with E-state index < -0.39 is 0 Å². The second-order valence-electron chi connectivity index (χ2n) is 5.73. The number of carbonyl (C=O) groups excluding carboxylic acids is 1. The highest BCUT2D eigenvalue weighted by atomic mass is 16.5. The average molecular weight is 330 g/mol. The van der Waals surface area contributed by atoms with Crippen LogP contribution >= 0.6 is 0 Å². The number of benzene rings is 1. The van der Waals surface area contributed by atoms with E-state index in [9.17, 15) is 4.79 Å². The largest absolute Gasteiger partial charge is 0.497 e. The maximum absolute atomic E-state index is 12.3. The fourth-order valence-electron chi connectivity index (χ4n) is 2.93. The highest BCUT2D eigenvalue weighted by molar-refractivity contribution is 5.74. The Kier molecular flexibility index (Phi) is 4.98. The molecule has 0 aliphatic carbocycles. The first-order chi connectivity index (χ1) is 11.7. The first kappa shape index (κ1) is 16.3. The number of nitrogens with one attached hydrogen (secondary N) is 1. The molecule has 0 bridgehead atoms. The van der Waals surface area contributed by atoms with E-state index in [0.717, 1.165) is 30.6 Å². The van der Waals surface area contributed by atoms with Crippen molar-refractivity contribution in [3.8, 4) is 17.1 Å². The minimum Gasteiger partial charge on any atom is -0.497 e. The standard InChI is InChI=1S/C17H22N4O3/c1-3-18-17(22)21-10-5-4-9-14(21)16-19-15(20-24-16)12-7-6-8-13(11-12)23-2/h6-8,11,14H,3-5,9-10H2,1-2H3,(H,18,22)/t14-/m0/s1. The van der Waals surface area contributed by atoms with Gasteiger partial charge in [0.1, 0.15) is 11.8 Å². The number of piperidine rings is 1. The van der Waals surface area contributed by atoms with Crippen LogP contribution in [0.1, 0.15) is 38.1 Å². The van der Waals surface area contributed by atoms with Gasteiger partial charge in [0.25, 0.3) is 0 Å². The number of ether oxygens (including phenoxy) is 1. The van der Waals surface area contributed by atoms with Crippen molar-refractivity contribution >= 4 is 6.03 Å². The van der Waals surface area contributed by atoms with Gasteiger partial charge in [0.15, 0.2) is 0 Å². The van der Waals surface area contributed by atoms with Crippen LogP contribution in [0.2, 0.25) is 0 Å². The average Bonchev–Trinajstić information content (AvgIpc) is 3.12. The summed E-state index contributed by atoms with van der Waals surface area (Å²) >= 11 is 0. The van der Waals surface area contributed by atoms with Crippen LogP contribution in [0.4, 0.5) is 4.79 Å². The van der Waals surface area contributed by atoms with Crippen molar-refractivity contribution in [2.24, 2.45) is 0 Å². The van der Waals surface area contributed by atoms with Crippen molar-refractivity contribution in [2.45, 2.75) is 32.2 Å². The molecule has 24 heavy (non-hydrogen) atoms. The van der Waals surface area contributed by atoms with Crippen molar-refractivity contribution in [2.75, 3.05) is 20.2 Å². The number of amides is 2. The molecule has 7 heteroatoms. The van der Waals surface area contributed by atoms with Gasteiger partial charge < -0.3 is 19.5 Å². The summed E-state index contributed by atoms with van der Waals surface area (Å²) in [5, 5.41) is 6.93. The summed E-state index contributed by atoms with van der Waals surface area (Å²) in [7, 11) is 1.62. The molecule has 0 saturated carbocycles. The predicted octanol–water partition coefficient (Wildman–Crippen LogP) is 3.00. The third-order valence-corrected chi connectivity index (χ3v) is 4.15. The van der Waals surface area contributed by atoms with Gasteiger partial charge in [0, 0.05) is 18.7 Å². The Labute approximate surface area is 141 Å². The lowest BCUT2D eigenvalue weighted by molar-refractivity contribution is 0.132. The van der Waals surface area contributed by atoms with Crippen LogP contribution in [0, 0.1) is 0 Å². The van der Waals surface area contributed by atoms with E-state index in [1.807, 2.05) is 31.2 Å². The summed E-state index contributed by atoms with van der Waals surface area (Å²) in [4.78, 5) is 18.6. The Morgan fingerprint density at radius 2 is 2.33 bits per heavy atom. The summed E-state index contributed by atoms with van der Waals surface area (Å²) in [6.45, 7) is 3.21. The third kappa shape index (κ3) is 3.34. The number of urea groups is 1. The molecule has 0 spiro atoms. The fraction of sp³-hybridized carbons (Fsp3) is 0.471. The molecule has 128 valence electrons. The van der Waals surface area contributed by atoms with E-state index in [-0.39, 0.29) is 12.1 Å². The number of nitrogens with zero attached hydrogens (tertiary/aromatic N) is 3. The van der Waals surface area contributed by atoms with Crippen molar-refractivity contribution in [1.82, 2.24) is 20.4 Å². The van der Waals surface area contributed by atoms with Gasteiger partial charge in [-0.05, 0) is 38.3 Å². The molecule has 2 heterocycles. The lowest BCUT2D eigenvalue weighted by atomic mass is 10.0. The van der Waals surface area contributed by atoms with Crippen LogP contribution in [-0.2, 0) is 0 Å². The van der Waals surface area contributed by atoms with E-state index in [1.54, 1.807) is 12.0 Å². The fourth-order valence-corrected chi connectivity index (χ4v) is 2.93. The van der Waals surface area contributed by atoms with Crippen molar-refractivity contribution in [3.05, 3.63) is 30.2 Å². The molecule has 1 aromatic carbocycles. The Morgan fingerprint density at radius 1 is 1.46 bits per heavy atom. The SMILES string of the molecule is CCNC(=O)N1CCCC[C@H]1c1nc(-c2cccc(OC)c2)no1. The third-order valence-electron chi connectivity index (χ3n) is 4.15. The van der Waals surface area contributed by atoms with Crippen LogP contribution in [0.5, 0.6) is 5.75 Å². The number of hydrogen-bond donors (Lipinski definition) is 1. The highest BCUT2D eigenvalue weighted by Gasteiger charge is 2.32.